The molecule has 0 saturated heterocycles. The van der Waals surface area contributed by atoms with E-state index in [1.165, 1.54) is 6.20 Å². The number of amides is 2. The van der Waals surface area contributed by atoms with Crippen molar-refractivity contribution < 1.29 is 19.1 Å². The smallest absolute Gasteiger partial charge is 0.427 e. The predicted octanol–water partition coefficient (Wildman–Crippen LogP) is 2.61. The normalized spacial score (nSPS) is 11.8. The monoisotopic (exact) mass is 324 g/mol. The Morgan fingerprint density at radius 2 is 1.57 bits per heavy atom. The topological polar surface area (TPSA) is 108 Å². The van der Waals surface area contributed by atoms with E-state index in [-0.39, 0.29) is 12.5 Å². The van der Waals surface area contributed by atoms with E-state index in [9.17, 15) is 9.59 Å². The number of aromatic nitrogens is 2. The van der Waals surface area contributed by atoms with Gasteiger partial charge in [-0.2, -0.15) is 0 Å². The minimum Gasteiger partial charge on any atom is -0.443 e. The Morgan fingerprint density at radius 3 is 1.96 bits per heavy atom. The van der Waals surface area contributed by atoms with E-state index >= 15 is 0 Å². The second-order valence-electron chi connectivity index (χ2n) is 6.85. The number of hydrogen-bond acceptors (Lipinski definition) is 7. The van der Waals surface area contributed by atoms with Crippen LogP contribution in [0.1, 0.15) is 47.2 Å². The Balaban J connectivity index is 3.19. The average Bonchev–Trinajstić information content (AvgIpc) is 2.34. The lowest BCUT2D eigenvalue weighted by Crippen LogP contribution is -2.44. The Morgan fingerprint density at radius 1 is 1.09 bits per heavy atom. The summed E-state index contributed by atoms with van der Waals surface area (Å²) in [5.41, 5.74) is 4.43. The molecule has 128 valence electrons. The van der Waals surface area contributed by atoms with Crippen molar-refractivity contribution in [2.24, 2.45) is 5.73 Å². The van der Waals surface area contributed by atoms with Crippen LogP contribution in [0.3, 0.4) is 0 Å². The molecule has 0 unspecified atom stereocenters. The van der Waals surface area contributed by atoms with Gasteiger partial charge in [0.2, 0.25) is 5.95 Å². The number of hydrogen-bond donors (Lipinski definition) is 1. The molecule has 0 atom stereocenters. The summed E-state index contributed by atoms with van der Waals surface area (Å²) in [6.07, 6.45) is -0.423. The fourth-order valence-electron chi connectivity index (χ4n) is 1.46. The molecule has 1 aromatic rings. The first-order valence-corrected chi connectivity index (χ1v) is 7.21. The molecule has 8 heteroatoms. The lowest BCUT2D eigenvalue weighted by molar-refractivity contribution is 0.0427. The first-order valence-electron chi connectivity index (χ1n) is 7.21. The van der Waals surface area contributed by atoms with Crippen molar-refractivity contribution in [3.8, 4) is 0 Å². The summed E-state index contributed by atoms with van der Waals surface area (Å²) in [5.74, 6) is -0.142. The molecule has 2 N–H and O–H groups in total. The molecule has 2 amide bonds. The highest BCUT2D eigenvalue weighted by Crippen LogP contribution is 2.18. The van der Waals surface area contributed by atoms with E-state index in [2.05, 4.69) is 9.97 Å². The molecule has 0 bridgehead atoms. The maximum Gasteiger partial charge on any atom is 0.427 e. The fourth-order valence-corrected chi connectivity index (χ4v) is 1.46. The molecule has 0 aliphatic carbocycles. The van der Waals surface area contributed by atoms with E-state index in [1.807, 2.05) is 0 Å². The third-order valence-electron chi connectivity index (χ3n) is 2.26. The lowest BCUT2D eigenvalue weighted by Gasteiger charge is -2.27. The van der Waals surface area contributed by atoms with Crippen molar-refractivity contribution >= 4 is 18.1 Å². The van der Waals surface area contributed by atoms with Crippen LogP contribution in [0.2, 0.25) is 0 Å². The zero-order valence-electron chi connectivity index (χ0n) is 14.4. The molecule has 0 saturated carbocycles. The minimum absolute atomic E-state index is 0.142. The Kier molecular flexibility index (Phi) is 5.65. The van der Waals surface area contributed by atoms with E-state index < -0.39 is 23.4 Å². The van der Waals surface area contributed by atoms with Crippen LogP contribution in [0.25, 0.3) is 0 Å². The minimum atomic E-state index is -0.916. The van der Waals surface area contributed by atoms with Gasteiger partial charge in [-0.05, 0) is 47.6 Å². The van der Waals surface area contributed by atoms with Gasteiger partial charge in [-0.15, -0.1) is 4.90 Å². The van der Waals surface area contributed by atoms with Crippen molar-refractivity contribution in [3.63, 3.8) is 0 Å². The number of rotatable bonds is 2. The van der Waals surface area contributed by atoms with Gasteiger partial charge >= 0.3 is 12.2 Å². The summed E-state index contributed by atoms with van der Waals surface area (Å²) in [4.78, 5) is 33.4. The lowest BCUT2D eigenvalue weighted by atomic mass is 10.2. The van der Waals surface area contributed by atoms with Gasteiger partial charge in [0.05, 0.1) is 5.69 Å². The summed E-state index contributed by atoms with van der Waals surface area (Å²) < 4.78 is 10.5. The van der Waals surface area contributed by atoms with Gasteiger partial charge in [0.1, 0.15) is 11.2 Å². The molecule has 0 aliphatic rings. The number of carbonyl (C=O) groups is 2. The SMILES string of the molecule is CC(C)(C)OC(=O)N(C(=O)OC(C)(C)C)c1nccc(CN)n1. The molecule has 1 heterocycles. The first kappa shape index (κ1) is 18.8. The highest BCUT2D eigenvalue weighted by molar-refractivity contribution is 6.08. The van der Waals surface area contributed by atoms with Crippen molar-refractivity contribution in [3.05, 3.63) is 18.0 Å². The quantitative estimate of drug-likeness (QED) is 0.890. The fraction of sp³-hybridized carbons (Fsp3) is 0.600. The zero-order valence-corrected chi connectivity index (χ0v) is 14.4. The molecule has 0 fully saturated rings. The summed E-state index contributed by atoms with van der Waals surface area (Å²) in [6.45, 7) is 10.3. The first-order chi connectivity index (χ1) is 10.4. The molecular formula is C15H24N4O4. The van der Waals surface area contributed by atoms with Gasteiger partial charge in [0.25, 0.3) is 0 Å². The van der Waals surface area contributed by atoms with Crippen LogP contribution < -0.4 is 10.6 Å². The third kappa shape index (κ3) is 6.19. The number of carbonyl (C=O) groups excluding carboxylic acids is 2. The highest BCUT2D eigenvalue weighted by Gasteiger charge is 2.34. The van der Waals surface area contributed by atoms with Crippen LogP contribution in [-0.2, 0) is 16.0 Å². The van der Waals surface area contributed by atoms with Crippen molar-refractivity contribution in [1.29, 1.82) is 0 Å². The molecular weight excluding hydrogens is 300 g/mol. The van der Waals surface area contributed by atoms with Gasteiger partial charge < -0.3 is 15.2 Å². The van der Waals surface area contributed by atoms with Crippen LogP contribution in [-0.4, -0.2) is 33.4 Å². The maximum absolute atomic E-state index is 12.4. The number of nitrogens with two attached hydrogens (primary N) is 1. The highest BCUT2D eigenvalue weighted by atomic mass is 16.6. The summed E-state index contributed by atoms with van der Waals surface area (Å²) >= 11 is 0. The van der Waals surface area contributed by atoms with Crippen molar-refractivity contribution in [2.45, 2.75) is 59.3 Å². The van der Waals surface area contributed by atoms with E-state index in [1.54, 1.807) is 47.6 Å². The summed E-state index contributed by atoms with van der Waals surface area (Å²) in [5, 5.41) is 0. The van der Waals surface area contributed by atoms with Crippen LogP contribution in [0.15, 0.2) is 12.3 Å². The van der Waals surface area contributed by atoms with Crippen LogP contribution >= 0.6 is 0 Å². The van der Waals surface area contributed by atoms with Gasteiger partial charge in [-0.25, -0.2) is 19.6 Å². The van der Waals surface area contributed by atoms with Crippen molar-refractivity contribution in [1.82, 2.24) is 9.97 Å². The molecule has 8 nitrogen and oxygen atoms in total. The van der Waals surface area contributed by atoms with E-state index in [0.717, 1.165) is 0 Å². The molecule has 0 spiro atoms. The Hall–Kier alpha value is -2.22. The molecule has 1 aromatic heterocycles. The summed E-state index contributed by atoms with van der Waals surface area (Å²) in [7, 11) is 0. The Labute approximate surface area is 136 Å². The van der Waals surface area contributed by atoms with E-state index in [0.29, 0.717) is 10.6 Å². The molecule has 0 aromatic carbocycles. The van der Waals surface area contributed by atoms with E-state index in [4.69, 9.17) is 15.2 Å². The number of imide groups is 1. The summed E-state index contributed by atoms with van der Waals surface area (Å²) in [6, 6.07) is 1.59. The number of nitrogens with zero attached hydrogens (tertiary/aromatic N) is 3. The molecule has 23 heavy (non-hydrogen) atoms. The van der Waals surface area contributed by atoms with Crippen molar-refractivity contribution in [2.75, 3.05) is 4.90 Å². The molecule has 0 aliphatic heterocycles. The number of ether oxygens (including phenoxy) is 2. The van der Waals surface area contributed by atoms with Gasteiger partial charge in [-0.1, -0.05) is 0 Å². The zero-order chi connectivity index (χ0) is 17.8. The molecule has 1 rings (SSSR count). The Bertz CT molecular complexity index is 548. The standard InChI is InChI=1S/C15H24N4O4/c1-14(2,3)22-12(20)19(13(21)23-15(4,5)6)11-17-8-7-10(9-16)18-11/h7-8H,9,16H2,1-6H3. The second-order valence-corrected chi connectivity index (χ2v) is 6.85. The van der Waals surface area contributed by atoms with Gasteiger partial charge in [0, 0.05) is 12.7 Å². The largest absolute Gasteiger partial charge is 0.443 e. The average molecular weight is 324 g/mol. The second kappa shape index (κ2) is 6.91. The van der Waals surface area contributed by atoms with Crippen LogP contribution in [0, 0.1) is 0 Å². The third-order valence-corrected chi connectivity index (χ3v) is 2.26. The maximum atomic E-state index is 12.4. The predicted molar refractivity (Wildman–Crippen MR) is 84.9 cm³/mol. The number of anilines is 1. The van der Waals surface area contributed by atoms with Gasteiger partial charge in [0.15, 0.2) is 0 Å². The van der Waals surface area contributed by atoms with Crippen LogP contribution in [0.5, 0.6) is 0 Å². The molecule has 0 radical (unpaired) electrons. The van der Waals surface area contributed by atoms with Gasteiger partial charge in [-0.3, -0.25) is 0 Å². The van der Waals surface area contributed by atoms with Crippen LogP contribution in [0.4, 0.5) is 15.5 Å².